The highest BCUT2D eigenvalue weighted by atomic mass is 16.1. The monoisotopic (exact) mass is 244 g/mol. The van der Waals surface area contributed by atoms with Gasteiger partial charge in [0.2, 0.25) is 5.91 Å². The molecular weight excluding hydrogens is 216 g/mol. The van der Waals surface area contributed by atoms with Crippen molar-refractivity contribution in [2.24, 2.45) is 11.7 Å². The third-order valence-corrected chi connectivity index (χ3v) is 2.62. The van der Waals surface area contributed by atoms with Crippen molar-refractivity contribution in [3.8, 4) is 0 Å². The van der Waals surface area contributed by atoms with Crippen LogP contribution in [0.15, 0.2) is 0 Å². The minimum atomic E-state index is -0.286. The standard InChI is InChI=1S/C12H28N4O/c1-10(2)8-16(7-6-15(4)5)9-11(14-3)12(13)17/h10-11,14H,6-9H2,1-5H3,(H2,13,17). The maximum Gasteiger partial charge on any atom is 0.235 e. The molecule has 0 rings (SSSR count). The molecule has 0 aromatic rings. The fraction of sp³-hybridized carbons (Fsp3) is 0.917. The molecule has 102 valence electrons. The van der Waals surface area contributed by atoms with E-state index in [1.54, 1.807) is 7.05 Å². The van der Waals surface area contributed by atoms with Crippen molar-refractivity contribution in [2.75, 3.05) is 47.3 Å². The molecule has 5 heteroatoms. The van der Waals surface area contributed by atoms with Gasteiger partial charge in [-0.05, 0) is 27.1 Å². The summed E-state index contributed by atoms with van der Waals surface area (Å²) in [5, 5.41) is 2.96. The first-order valence-corrected chi connectivity index (χ1v) is 6.20. The average Bonchev–Trinajstić information content (AvgIpc) is 2.20. The van der Waals surface area contributed by atoms with Gasteiger partial charge in [-0.3, -0.25) is 9.69 Å². The van der Waals surface area contributed by atoms with Crippen LogP contribution in [0.4, 0.5) is 0 Å². The summed E-state index contributed by atoms with van der Waals surface area (Å²) in [7, 11) is 5.88. The normalized spacial score (nSPS) is 13.6. The van der Waals surface area contributed by atoms with Crippen LogP contribution in [0.1, 0.15) is 13.8 Å². The molecule has 17 heavy (non-hydrogen) atoms. The van der Waals surface area contributed by atoms with Crippen LogP contribution in [0, 0.1) is 5.92 Å². The van der Waals surface area contributed by atoms with E-state index >= 15 is 0 Å². The van der Waals surface area contributed by atoms with Crippen molar-refractivity contribution in [1.29, 1.82) is 0 Å². The Morgan fingerprint density at radius 3 is 2.18 bits per heavy atom. The smallest absolute Gasteiger partial charge is 0.235 e. The minimum Gasteiger partial charge on any atom is -0.368 e. The predicted molar refractivity (Wildman–Crippen MR) is 71.9 cm³/mol. The third-order valence-electron chi connectivity index (χ3n) is 2.62. The first kappa shape index (κ1) is 16.4. The second kappa shape index (κ2) is 8.44. The minimum absolute atomic E-state index is 0.268. The quantitative estimate of drug-likeness (QED) is 0.578. The van der Waals surface area contributed by atoms with Gasteiger partial charge in [0.05, 0.1) is 6.04 Å². The van der Waals surface area contributed by atoms with E-state index in [2.05, 4.69) is 43.1 Å². The van der Waals surface area contributed by atoms with Crippen LogP contribution >= 0.6 is 0 Å². The van der Waals surface area contributed by atoms with Crippen molar-refractivity contribution in [3.63, 3.8) is 0 Å². The van der Waals surface area contributed by atoms with Crippen LogP contribution in [0.5, 0.6) is 0 Å². The lowest BCUT2D eigenvalue weighted by molar-refractivity contribution is -0.120. The van der Waals surface area contributed by atoms with E-state index in [1.807, 2.05) is 0 Å². The molecule has 1 unspecified atom stereocenters. The van der Waals surface area contributed by atoms with Gasteiger partial charge in [-0.1, -0.05) is 13.8 Å². The van der Waals surface area contributed by atoms with Crippen molar-refractivity contribution < 1.29 is 4.79 Å². The number of hydrogen-bond acceptors (Lipinski definition) is 4. The molecule has 0 spiro atoms. The lowest BCUT2D eigenvalue weighted by Gasteiger charge is -2.28. The Bertz CT molecular complexity index is 219. The van der Waals surface area contributed by atoms with Gasteiger partial charge >= 0.3 is 0 Å². The molecule has 0 radical (unpaired) electrons. The Labute approximate surface area is 105 Å². The van der Waals surface area contributed by atoms with Gasteiger partial charge < -0.3 is 16.0 Å². The Hall–Kier alpha value is -0.650. The second-order valence-electron chi connectivity index (χ2n) is 5.20. The third kappa shape index (κ3) is 8.12. The Kier molecular flexibility index (Phi) is 8.12. The largest absolute Gasteiger partial charge is 0.368 e. The number of amides is 1. The number of nitrogens with zero attached hydrogens (tertiary/aromatic N) is 2. The second-order valence-corrected chi connectivity index (χ2v) is 5.20. The molecule has 1 amide bonds. The molecule has 1 atom stereocenters. The number of carbonyl (C=O) groups is 1. The fourth-order valence-electron chi connectivity index (χ4n) is 1.70. The molecule has 0 aliphatic heterocycles. The van der Waals surface area contributed by atoms with Crippen LogP contribution in [-0.2, 0) is 4.79 Å². The van der Waals surface area contributed by atoms with Gasteiger partial charge in [-0.15, -0.1) is 0 Å². The highest BCUT2D eigenvalue weighted by Crippen LogP contribution is 2.00. The van der Waals surface area contributed by atoms with Crippen LogP contribution in [-0.4, -0.2) is 69.1 Å². The molecule has 0 aliphatic carbocycles. The summed E-state index contributed by atoms with van der Waals surface area (Å²) in [5.74, 6) is 0.300. The van der Waals surface area contributed by atoms with Gasteiger partial charge in [0.1, 0.15) is 0 Å². The Balaban J connectivity index is 4.30. The van der Waals surface area contributed by atoms with Gasteiger partial charge in [0.15, 0.2) is 0 Å². The summed E-state index contributed by atoms with van der Waals surface area (Å²) in [6, 6.07) is -0.268. The number of likely N-dealkylation sites (N-methyl/N-ethyl adjacent to an activating group) is 2. The lowest BCUT2D eigenvalue weighted by Crippen LogP contribution is -2.49. The number of primary amides is 1. The van der Waals surface area contributed by atoms with E-state index in [4.69, 9.17) is 5.73 Å². The Morgan fingerprint density at radius 1 is 1.24 bits per heavy atom. The predicted octanol–water partition coefficient (Wildman–Crippen LogP) is -0.421. The van der Waals surface area contributed by atoms with Gasteiger partial charge in [-0.25, -0.2) is 0 Å². The van der Waals surface area contributed by atoms with Crippen molar-refractivity contribution >= 4 is 5.91 Å². The summed E-state index contributed by atoms with van der Waals surface area (Å²) in [5.41, 5.74) is 5.34. The van der Waals surface area contributed by atoms with E-state index in [9.17, 15) is 4.79 Å². The number of rotatable bonds is 9. The molecule has 5 nitrogen and oxygen atoms in total. The number of carbonyl (C=O) groups excluding carboxylic acids is 1. The van der Waals surface area contributed by atoms with E-state index in [0.717, 1.165) is 19.6 Å². The van der Waals surface area contributed by atoms with Crippen LogP contribution in [0.25, 0.3) is 0 Å². The molecule has 0 aliphatic rings. The molecule has 0 saturated carbocycles. The first-order valence-electron chi connectivity index (χ1n) is 6.20. The van der Waals surface area contributed by atoms with Crippen molar-refractivity contribution in [3.05, 3.63) is 0 Å². The van der Waals surface area contributed by atoms with E-state index in [1.165, 1.54) is 0 Å². The number of hydrogen-bond donors (Lipinski definition) is 2. The van der Waals surface area contributed by atoms with Crippen LogP contribution in [0.3, 0.4) is 0 Å². The lowest BCUT2D eigenvalue weighted by atomic mass is 10.2. The zero-order chi connectivity index (χ0) is 13.4. The molecule has 0 fully saturated rings. The first-order chi connectivity index (χ1) is 7.86. The zero-order valence-corrected chi connectivity index (χ0v) is 11.9. The van der Waals surface area contributed by atoms with Crippen LogP contribution < -0.4 is 11.1 Å². The zero-order valence-electron chi connectivity index (χ0n) is 11.9. The Morgan fingerprint density at radius 2 is 1.82 bits per heavy atom. The van der Waals surface area contributed by atoms with E-state index in [-0.39, 0.29) is 11.9 Å². The number of nitrogens with one attached hydrogen (secondary N) is 1. The maximum atomic E-state index is 11.2. The molecule has 0 aromatic heterocycles. The van der Waals surface area contributed by atoms with E-state index in [0.29, 0.717) is 12.5 Å². The topological polar surface area (TPSA) is 61.6 Å². The van der Waals surface area contributed by atoms with Gasteiger partial charge in [0.25, 0.3) is 0 Å². The molecule has 0 saturated heterocycles. The average molecular weight is 244 g/mol. The van der Waals surface area contributed by atoms with Gasteiger partial charge in [0, 0.05) is 26.2 Å². The molecule has 0 heterocycles. The fourth-order valence-corrected chi connectivity index (χ4v) is 1.70. The highest BCUT2D eigenvalue weighted by Gasteiger charge is 2.18. The van der Waals surface area contributed by atoms with Crippen molar-refractivity contribution in [1.82, 2.24) is 15.1 Å². The number of nitrogens with two attached hydrogens (primary N) is 1. The highest BCUT2D eigenvalue weighted by molar-refractivity contribution is 5.80. The molecular formula is C12H28N4O. The van der Waals surface area contributed by atoms with Crippen molar-refractivity contribution in [2.45, 2.75) is 19.9 Å². The maximum absolute atomic E-state index is 11.2. The van der Waals surface area contributed by atoms with Crippen LogP contribution in [0.2, 0.25) is 0 Å². The summed E-state index contributed by atoms with van der Waals surface area (Å²) in [6.07, 6.45) is 0. The molecule has 3 N–H and O–H groups in total. The molecule has 0 aromatic carbocycles. The van der Waals surface area contributed by atoms with Gasteiger partial charge in [-0.2, -0.15) is 0 Å². The SMILES string of the molecule is CNC(CN(CCN(C)C)CC(C)C)C(N)=O. The summed E-state index contributed by atoms with van der Waals surface area (Å²) in [6.45, 7) is 7.97. The summed E-state index contributed by atoms with van der Waals surface area (Å²) >= 11 is 0. The van der Waals surface area contributed by atoms with E-state index < -0.39 is 0 Å². The summed E-state index contributed by atoms with van der Waals surface area (Å²) < 4.78 is 0. The summed E-state index contributed by atoms with van der Waals surface area (Å²) in [4.78, 5) is 15.6. The molecule has 0 bridgehead atoms.